The summed E-state index contributed by atoms with van der Waals surface area (Å²) >= 11 is 0. The molecule has 2 aliphatic rings. The van der Waals surface area contributed by atoms with Crippen molar-refractivity contribution in [2.24, 2.45) is 4.99 Å². The maximum atomic E-state index is 13.7. The normalized spacial score (nSPS) is 16.5. The first-order chi connectivity index (χ1) is 20.2. The van der Waals surface area contributed by atoms with Crippen LogP contribution in [-0.4, -0.2) is 42.4 Å². The van der Waals surface area contributed by atoms with Crippen LogP contribution in [0.1, 0.15) is 86.9 Å². The second-order valence-corrected chi connectivity index (χ2v) is 13.4. The summed E-state index contributed by atoms with van der Waals surface area (Å²) in [6.45, 7) is 8.96. The van der Waals surface area contributed by atoms with E-state index in [0.29, 0.717) is 36.8 Å². The van der Waals surface area contributed by atoms with Crippen molar-refractivity contribution in [3.8, 4) is 11.1 Å². The SMILES string of the molecule is CCCCC1=NC2(CCCC2)C(=O)N1Cc1ccc(-c2ccccc2S(=O)(=O)Cc2noc(C)c2C)c(COCC)c1. The van der Waals surface area contributed by atoms with Gasteiger partial charge in [0.2, 0.25) is 0 Å². The predicted molar refractivity (Wildman–Crippen MR) is 163 cm³/mol. The van der Waals surface area contributed by atoms with Crippen molar-refractivity contribution in [1.82, 2.24) is 10.1 Å². The molecule has 9 heteroatoms. The van der Waals surface area contributed by atoms with Crippen molar-refractivity contribution in [3.63, 3.8) is 0 Å². The van der Waals surface area contributed by atoms with Crippen molar-refractivity contribution in [1.29, 1.82) is 0 Å². The molecule has 0 atom stereocenters. The molecule has 1 amide bonds. The quantitative estimate of drug-likeness (QED) is 0.232. The van der Waals surface area contributed by atoms with Crippen molar-refractivity contribution < 1.29 is 22.5 Å². The Morgan fingerprint density at radius 3 is 2.50 bits per heavy atom. The van der Waals surface area contributed by atoms with Crippen LogP contribution in [-0.2, 0) is 38.3 Å². The van der Waals surface area contributed by atoms with Gasteiger partial charge in [-0.1, -0.05) is 67.7 Å². The summed E-state index contributed by atoms with van der Waals surface area (Å²) in [5, 5.41) is 3.99. The summed E-state index contributed by atoms with van der Waals surface area (Å²) in [6.07, 6.45) is 6.55. The first-order valence-electron chi connectivity index (χ1n) is 15.0. The van der Waals surface area contributed by atoms with E-state index in [0.717, 1.165) is 73.0 Å². The van der Waals surface area contributed by atoms with Crippen molar-refractivity contribution in [2.45, 2.75) is 102 Å². The molecule has 1 fully saturated rings. The molecule has 2 aromatic carbocycles. The maximum absolute atomic E-state index is 13.7. The summed E-state index contributed by atoms with van der Waals surface area (Å²) in [7, 11) is -3.74. The number of amides is 1. The Bertz CT molecular complexity index is 1580. The Kier molecular flexibility index (Phi) is 8.99. The molecule has 1 saturated carbocycles. The molecule has 1 aliphatic heterocycles. The second kappa shape index (κ2) is 12.5. The van der Waals surface area contributed by atoms with E-state index >= 15 is 0 Å². The molecule has 0 radical (unpaired) electrons. The minimum Gasteiger partial charge on any atom is -0.377 e. The molecular weight excluding hydrogens is 550 g/mol. The summed E-state index contributed by atoms with van der Waals surface area (Å²) in [6, 6.07) is 13.1. The zero-order valence-electron chi connectivity index (χ0n) is 25.1. The van der Waals surface area contributed by atoms with E-state index < -0.39 is 15.4 Å². The topological polar surface area (TPSA) is 102 Å². The number of unbranched alkanes of at least 4 members (excludes halogenated alkanes) is 1. The molecule has 224 valence electrons. The third kappa shape index (κ3) is 5.95. The summed E-state index contributed by atoms with van der Waals surface area (Å²) in [5.74, 6) is 1.39. The summed E-state index contributed by atoms with van der Waals surface area (Å²) in [4.78, 5) is 20.8. The number of carbonyl (C=O) groups is 1. The van der Waals surface area contributed by atoms with Gasteiger partial charge in [-0.05, 0) is 62.8 Å². The molecule has 1 aliphatic carbocycles. The molecule has 1 spiro atoms. The second-order valence-electron chi connectivity index (χ2n) is 11.5. The molecule has 42 heavy (non-hydrogen) atoms. The van der Waals surface area contributed by atoms with Gasteiger partial charge >= 0.3 is 0 Å². The van der Waals surface area contributed by atoms with Crippen LogP contribution in [0.3, 0.4) is 0 Å². The molecule has 2 heterocycles. The zero-order chi connectivity index (χ0) is 29.9. The first kappa shape index (κ1) is 30.2. The minimum absolute atomic E-state index is 0.122. The largest absolute Gasteiger partial charge is 0.377 e. The number of aryl methyl sites for hydroxylation is 1. The van der Waals surface area contributed by atoms with Crippen LogP contribution in [0.4, 0.5) is 0 Å². The molecule has 0 bridgehead atoms. The maximum Gasteiger partial charge on any atom is 0.256 e. The Balaban J connectivity index is 1.49. The van der Waals surface area contributed by atoms with Crippen LogP contribution in [0.5, 0.6) is 0 Å². The number of hydrogen-bond donors (Lipinski definition) is 0. The fourth-order valence-electron chi connectivity index (χ4n) is 6.04. The van der Waals surface area contributed by atoms with Gasteiger partial charge in [0, 0.05) is 24.2 Å². The standard InChI is InChI=1S/C33H41N3O5S/c1-5-7-14-31-34-33(17-10-11-18-33)32(37)36(31)20-25-15-16-27(26(19-25)21-40-6-2)28-12-8-9-13-30(28)42(38,39)22-29-23(3)24(4)41-35-29/h8-9,12-13,15-16,19H,5-7,10-11,14,17-18,20-22H2,1-4H3. The van der Waals surface area contributed by atoms with Crippen LogP contribution < -0.4 is 0 Å². The molecule has 1 aromatic heterocycles. The van der Waals surface area contributed by atoms with Crippen LogP contribution in [0.2, 0.25) is 0 Å². The van der Waals surface area contributed by atoms with E-state index in [1.165, 1.54) is 0 Å². The number of aromatic nitrogens is 1. The molecule has 0 unspecified atom stereocenters. The highest BCUT2D eigenvalue weighted by atomic mass is 32.2. The molecule has 3 aromatic rings. The van der Waals surface area contributed by atoms with Crippen molar-refractivity contribution >= 4 is 21.6 Å². The number of benzene rings is 2. The number of hydrogen-bond acceptors (Lipinski definition) is 7. The lowest BCUT2D eigenvalue weighted by Gasteiger charge is -2.23. The Hall–Kier alpha value is -3.30. The highest BCUT2D eigenvalue weighted by Crippen LogP contribution is 2.40. The number of ether oxygens (including phenoxy) is 1. The van der Waals surface area contributed by atoms with Gasteiger partial charge in [-0.15, -0.1) is 0 Å². The lowest BCUT2D eigenvalue weighted by atomic mass is 9.96. The first-order valence-corrected chi connectivity index (χ1v) is 16.7. The number of carbonyl (C=O) groups excluding carboxylic acids is 1. The number of amidine groups is 1. The smallest absolute Gasteiger partial charge is 0.256 e. The molecule has 0 N–H and O–H groups in total. The van der Waals surface area contributed by atoms with E-state index in [1.54, 1.807) is 19.1 Å². The Morgan fingerprint density at radius 1 is 1.05 bits per heavy atom. The zero-order valence-corrected chi connectivity index (χ0v) is 25.9. The number of aliphatic imine (C=N–C) groups is 1. The lowest BCUT2D eigenvalue weighted by Crippen LogP contribution is -2.40. The van der Waals surface area contributed by atoms with Crippen LogP contribution in [0.25, 0.3) is 11.1 Å². The van der Waals surface area contributed by atoms with E-state index in [9.17, 15) is 13.2 Å². The summed E-state index contributed by atoms with van der Waals surface area (Å²) in [5.41, 5.74) is 3.84. The molecule has 0 saturated heterocycles. The van der Waals surface area contributed by atoms with Gasteiger partial charge < -0.3 is 9.26 Å². The highest BCUT2D eigenvalue weighted by molar-refractivity contribution is 7.90. The highest BCUT2D eigenvalue weighted by Gasteiger charge is 2.49. The molecule has 5 rings (SSSR count). The minimum atomic E-state index is -3.74. The van der Waals surface area contributed by atoms with Crippen molar-refractivity contribution in [2.75, 3.05) is 6.61 Å². The van der Waals surface area contributed by atoms with Gasteiger partial charge in [0.1, 0.15) is 28.6 Å². The van der Waals surface area contributed by atoms with Crippen LogP contribution >= 0.6 is 0 Å². The predicted octanol–water partition coefficient (Wildman–Crippen LogP) is 6.71. The fourth-order valence-corrected chi connectivity index (χ4v) is 7.62. The van der Waals surface area contributed by atoms with Gasteiger partial charge in [-0.3, -0.25) is 14.7 Å². The fraction of sp³-hybridized carbons (Fsp3) is 0.485. The number of sulfone groups is 1. The van der Waals surface area contributed by atoms with Crippen LogP contribution in [0, 0.1) is 13.8 Å². The van der Waals surface area contributed by atoms with E-state index in [4.69, 9.17) is 14.3 Å². The number of rotatable bonds is 12. The van der Waals surface area contributed by atoms with Crippen molar-refractivity contribution in [3.05, 3.63) is 70.6 Å². The van der Waals surface area contributed by atoms with Gasteiger partial charge in [-0.2, -0.15) is 0 Å². The number of nitrogens with zero attached hydrogens (tertiary/aromatic N) is 3. The van der Waals surface area contributed by atoms with Gasteiger partial charge in [0.05, 0.1) is 18.0 Å². The van der Waals surface area contributed by atoms with E-state index in [-0.39, 0.29) is 16.6 Å². The average Bonchev–Trinajstić information content (AvgIpc) is 3.66. The third-order valence-electron chi connectivity index (χ3n) is 8.55. The lowest BCUT2D eigenvalue weighted by molar-refractivity contribution is -0.131. The summed E-state index contributed by atoms with van der Waals surface area (Å²) < 4.78 is 38.4. The van der Waals surface area contributed by atoms with Gasteiger partial charge in [0.15, 0.2) is 9.84 Å². The Morgan fingerprint density at radius 2 is 1.81 bits per heavy atom. The molecule has 8 nitrogen and oxygen atoms in total. The van der Waals surface area contributed by atoms with E-state index in [2.05, 4.69) is 12.1 Å². The monoisotopic (exact) mass is 591 g/mol. The van der Waals surface area contributed by atoms with E-state index in [1.807, 2.05) is 49.1 Å². The Labute approximate surface area is 249 Å². The third-order valence-corrected chi connectivity index (χ3v) is 10.2. The van der Waals surface area contributed by atoms with Gasteiger partial charge in [-0.25, -0.2) is 8.42 Å². The molecular formula is C33H41N3O5S. The van der Waals surface area contributed by atoms with Crippen LogP contribution in [0.15, 0.2) is 56.9 Å². The van der Waals surface area contributed by atoms with Gasteiger partial charge in [0.25, 0.3) is 5.91 Å². The average molecular weight is 592 g/mol.